The molecule has 3 heteroatoms. The van der Waals surface area contributed by atoms with Crippen molar-refractivity contribution < 1.29 is 14.4 Å². The quantitative estimate of drug-likeness (QED) is 0.497. The minimum atomic E-state index is -0.892. The second-order valence-electron chi connectivity index (χ2n) is 10.8. The van der Waals surface area contributed by atoms with E-state index in [1.54, 1.807) is 0 Å². The van der Waals surface area contributed by atoms with Gasteiger partial charge < -0.3 is 14.4 Å². The van der Waals surface area contributed by atoms with E-state index in [1.165, 1.54) is 22.3 Å². The number of carbonyl (C=O) groups is 1. The van der Waals surface area contributed by atoms with Gasteiger partial charge in [-0.1, -0.05) is 54.6 Å². The van der Waals surface area contributed by atoms with E-state index in [-0.39, 0.29) is 11.0 Å². The van der Waals surface area contributed by atoms with E-state index in [9.17, 15) is 9.90 Å². The van der Waals surface area contributed by atoms with Crippen LogP contribution in [0.1, 0.15) is 68.7 Å². The van der Waals surface area contributed by atoms with Crippen LogP contribution in [0.15, 0.2) is 61.2 Å². The van der Waals surface area contributed by atoms with Crippen LogP contribution in [0, 0.1) is 0 Å². The molecule has 2 aromatic carbocycles. The highest BCUT2D eigenvalue weighted by molar-refractivity contribution is 5.70. The summed E-state index contributed by atoms with van der Waals surface area (Å²) >= 11 is 0. The number of hydrogen-bond acceptors (Lipinski definition) is 2. The normalized spacial score (nSPS) is 24.3. The van der Waals surface area contributed by atoms with Crippen LogP contribution < -0.4 is 5.11 Å². The molecule has 1 heterocycles. The molecule has 2 aliphatic rings. The summed E-state index contributed by atoms with van der Waals surface area (Å²) in [6, 6.07) is 17.3. The third-order valence-corrected chi connectivity index (χ3v) is 8.40. The molecule has 0 N–H and O–H groups in total. The smallest absolute Gasteiger partial charge is 0.130 e. The standard InChI is InChI=1S/C29H37NO2/c1-5-18-29(19-21-30(28(2,3)4)20-10-15-26(30)27(31)32)24-13-8-6-11-22(24)16-17-23-12-7-9-14-25(23)29/h5-9,11-14,26H,1,10,15-21H2,2-4H3. The predicted octanol–water partition coefficient (Wildman–Crippen LogP) is 4.57. The number of likely N-dealkylation sites (tertiary alicyclic amines) is 1. The molecule has 0 radical (unpaired) electrons. The van der Waals surface area contributed by atoms with Gasteiger partial charge in [-0.2, -0.15) is 0 Å². The summed E-state index contributed by atoms with van der Waals surface area (Å²) < 4.78 is 0.596. The molecule has 32 heavy (non-hydrogen) atoms. The van der Waals surface area contributed by atoms with Crippen molar-refractivity contribution in [2.24, 2.45) is 0 Å². The Morgan fingerprint density at radius 1 is 1.09 bits per heavy atom. The molecule has 0 aromatic heterocycles. The molecule has 3 nitrogen and oxygen atoms in total. The molecule has 1 aliphatic heterocycles. The molecule has 0 spiro atoms. The Morgan fingerprint density at radius 3 is 2.16 bits per heavy atom. The summed E-state index contributed by atoms with van der Waals surface area (Å²) in [6.45, 7) is 12.5. The van der Waals surface area contributed by atoms with Crippen molar-refractivity contribution in [3.8, 4) is 0 Å². The van der Waals surface area contributed by atoms with E-state index in [0.717, 1.165) is 45.2 Å². The lowest BCUT2D eigenvalue weighted by Crippen LogP contribution is -2.67. The third-order valence-electron chi connectivity index (χ3n) is 8.40. The van der Waals surface area contributed by atoms with E-state index in [2.05, 4.69) is 82.0 Å². The van der Waals surface area contributed by atoms with Crippen LogP contribution >= 0.6 is 0 Å². The number of carboxylic acids is 1. The number of allylic oxidation sites excluding steroid dienone is 1. The van der Waals surface area contributed by atoms with E-state index in [1.807, 2.05) is 0 Å². The van der Waals surface area contributed by atoms with Gasteiger partial charge in [-0.3, -0.25) is 0 Å². The van der Waals surface area contributed by atoms with Crippen LogP contribution in [0.5, 0.6) is 0 Å². The second kappa shape index (κ2) is 8.51. The minimum Gasteiger partial charge on any atom is -0.544 e. The van der Waals surface area contributed by atoms with Gasteiger partial charge in [0.2, 0.25) is 0 Å². The summed E-state index contributed by atoms with van der Waals surface area (Å²) in [5, 5.41) is 12.2. The number of rotatable bonds is 6. The first-order valence-electron chi connectivity index (χ1n) is 12.1. The highest BCUT2D eigenvalue weighted by Crippen LogP contribution is 2.47. The average Bonchev–Trinajstić information content (AvgIpc) is 3.16. The van der Waals surface area contributed by atoms with Crippen molar-refractivity contribution in [2.45, 2.75) is 76.3 Å². The molecule has 2 aromatic rings. The van der Waals surface area contributed by atoms with Gasteiger partial charge in [-0.05, 0) is 62.3 Å². The van der Waals surface area contributed by atoms with E-state index >= 15 is 0 Å². The van der Waals surface area contributed by atoms with Crippen molar-refractivity contribution in [1.29, 1.82) is 0 Å². The van der Waals surface area contributed by atoms with Gasteiger partial charge >= 0.3 is 0 Å². The van der Waals surface area contributed by atoms with E-state index < -0.39 is 12.0 Å². The molecular weight excluding hydrogens is 394 g/mol. The Hall–Kier alpha value is -2.39. The monoisotopic (exact) mass is 431 g/mol. The number of quaternary nitrogens is 1. The molecular formula is C29H37NO2. The van der Waals surface area contributed by atoms with Crippen molar-refractivity contribution in [3.63, 3.8) is 0 Å². The van der Waals surface area contributed by atoms with Crippen molar-refractivity contribution in [1.82, 2.24) is 0 Å². The molecule has 1 aliphatic carbocycles. The highest BCUT2D eigenvalue weighted by atomic mass is 16.4. The maximum absolute atomic E-state index is 12.2. The molecule has 1 fully saturated rings. The van der Waals surface area contributed by atoms with Crippen molar-refractivity contribution in [2.75, 3.05) is 13.1 Å². The predicted molar refractivity (Wildman–Crippen MR) is 128 cm³/mol. The first kappa shape index (κ1) is 22.8. The Morgan fingerprint density at radius 2 is 1.66 bits per heavy atom. The molecule has 1 saturated heterocycles. The van der Waals surface area contributed by atoms with Gasteiger partial charge in [0.1, 0.15) is 6.04 Å². The highest BCUT2D eigenvalue weighted by Gasteiger charge is 2.52. The van der Waals surface area contributed by atoms with E-state index in [4.69, 9.17) is 0 Å². The van der Waals surface area contributed by atoms with Crippen molar-refractivity contribution >= 4 is 5.97 Å². The zero-order valence-corrected chi connectivity index (χ0v) is 19.9. The lowest BCUT2D eigenvalue weighted by molar-refractivity contribution is -0.975. The molecule has 170 valence electrons. The molecule has 2 atom stereocenters. The fourth-order valence-electron chi connectivity index (χ4n) is 6.75. The number of benzene rings is 2. The lowest BCUT2D eigenvalue weighted by atomic mass is 9.67. The first-order chi connectivity index (χ1) is 15.2. The number of hydrogen-bond donors (Lipinski definition) is 0. The van der Waals surface area contributed by atoms with Gasteiger partial charge in [0.05, 0.1) is 24.6 Å². The Labute approximate surface area is 193 Å². The lowest BCUT2D eigenvalue weighted by Gasteiger charge is -2.52. The van der Waals surface area contributed by atoms with Crippen LogP contribution in [0.25, 0.3) is 0 Å². The number of fused-ring (bicyclic) bond motifs is 2. The van der Waals surface area contributed by atoms with Gasteiger partial charge in [0.25, 0.3) is 0 Å². The van der Waals surface area contributed by atoms with Crippen LogP contribution in [0.4, 0.5) is 0 Å². The summed E-state index contributed by atoms with van der Waals surface area (Å²) in [5.41, 5.74) is 5.24. The van der Waals surface area contributed by atoms with Crippen LogP contribution in [-0.2, 0) is 23.1 Å². The summed E-state index contributed by atoms with van der Waals surface area (Å²) in [6.07, 6.45) is 7.52. The fraction of sp³-hybridized carbons (Fsp3) is 0.483. The molecule has 0 bridgehead atoms. The third kappa shape index (κ3) is 3.61. The fourth-order valence-corrected chi connectivity index (χ4v) is 6.75. The minimum absolute atomic E-state index is 0.166. The number of carboxylic acid groups (broad SMARTS) is 1. The van der Waals surface area contributed by atoms with Gasteiger partial charge in [0.15, 0.2) is 0 Å². The number of aliphatic carboxylic acids is 1. The van der Waals surface area contributed by atoms with Crippen LogP contribution in [-0.4, -0.2) is 35.1 Å². The molecule has 4 rings (SSSR count). The Kier molecular flexibility index (Phi) is 6.06. The Balaban J connectivity index is 1.86. The molecule has 2 unspecified atom stereocenters. The zero-order chi connectivity index (χ0) is 23.0. The second-order valence-corrected chi connectivity index (χ2v) is 10.8. The van der Waals surface area contributed by atoms with Crippen LogP contribution in [0.2, 0.25) is 0 Å². The maximum atomic E-state index is 12.2. The topological polar surface area (TPSA) is 40.1 Å². The average molecular weight is 432 g/mol. The zero-order valence-electron chi connectivity index (χ0n) is 19.9. The summed E-state index contributed by atoms with van der Waals surface area (Å²) in [5.74, 6) is -0.892. The van der Waals surface area contributed by atoms with Gasteiger partial charge in [0, 0.05) is 24.7 Å². The number of carbonyl (C=O) groups excluding carboxylic acids is 1. The molecule has 0 saturated carbocycles. The van der Waals surface area contributed by atoms with Gasteiger partial charge in [-0.25, -0.2) is 0 Å². The number of aryl methyl sites for hydroxylation is 2. The van der Waals surface area contributed by atoms with Crippen LogP contribution in [0.3, 0.4) is 0 Å². The molecule has 0 amide bonds. The van der Waals surface area contributed by atoms with E-state index in [0.29, 0.717) is 10.9 Å². The Bertz CT molecular complexity index is 955. The largest absolute Gasteiger partial charge is 0.544 e. The summed E-state index contributed by atoms with van der Waals surface area (Å²) in [4.78, 5) is 12.2. The summed E-state index contributed by atoms with van der Waals surface area (Å²) in [7, 11) is 0. The number of nitrogens with zero attached hydrogens (tertiary/aromatic N) is 1. The van der Waals surface area contributed by atoms with Crippen molar-refractivity contribution in [3.05, 3.63) is 83.4 Å². The maximum Gasteiger partial charge on any atom is 0.130 e. The SMILES string of the molecule is C=CCC1(CC[N+]2(C(C)(C)C)CCCC2C(=O)[O-])c2ccccc2CCc2ccccc21. The van der Waals surface area contributed by atoms with Gasteiger partial charge in [-0.15, -0.1) is 6.58 Å². The first-order valence-corrected chi connectivity index (χ1v) is 12.1.